The van der Waals surface area contributed by atoms with E-state index in [1.165, 1.54) is 18.2 Å². The average Bonchev–Trinajstić information content (AvgIpc) is 3.62. The van der Waals surface area contributed by atoms with E-state index in [9.17, 15) is 14.3 Å². The highest BCUT2D eigenvalue weighted by Crippen LogP contribution is 2.50. The molecule has 2 bridgehead atoms. The van der Waals surface area contributed by atoms with E-state index in [2.05, 4.69) is 16.4 Å². The number of hydrogen-bond donors (Lipinski definition) is 1. The Morgan fingerprint density at radius 2 is 1.89 bits per heavy atom. The number of rotatable bonds is 7. The van der Waals surface area contributed by atoms with Crippen molar-refractivity contribution in [2.75, 3.05) is 37.7 Å². The van der Waals surface area contributed by atoms with Crippen molar-refractivity contribution in [3.8, 4) is 22.9 Å². The fourth-order valence-electron chi connectivity index (χ4n) is 8.43. The quantitative estimate of drug-likeness (QED) is 0.319. The number of amides is 1. The summed E-state index contributed by atoms with van der Waals surface area (Å²) in [7, 11) is 0. The Labute approximate surface area is 265 Å². The Balaban J connectivity index is 1.22. The molecular formula is C34H36ClF2N5O3. The number of ether oxygens (including phenoxy) is 1. The van der Waals surface area contributed by atoms with Crippen molar-refractivity contribution in [1.29, 1.82) is 0 Å². The number of aromatic nitrogens is 2. The number of benzene rings is 2. The predicted molar refractivity (Wildman–Crippen MR) is 168 cm³/mol. The number of carbonyl (C=O) groups is 1. The maximum absolute atomic E-state index is 16.2. The molecule has 0 radical (unpaired) electrons. The van der Waals surface area contributed by atoms with Crippen LogP contribution in [0.3, 0.4) is 0 Å². The van der Waals surface area contributed by atoms with Gasteiger partial charge in [-0.05, 0) is 92.5 Å². The summed E-state index contributed by atoms with van der Waals surface area (Å²) in [4.78, 5) is 28.5. The number of piperazine rings is 1. The lowest BCUT2D eigenvalue weighted by Gasteiger charge is -2.41. The molecule has 5 fully saturated rings. The van der Waals surface area contributed by atoms with E-state index in [4.69, 9.17) is 26.3 Å². The van der Waals surface area contributed by atoms with Gasteiger partial charge in [-0.25, -0.2) is 8.78 Å². The van der Waals surface area contributed by atoms with Crippen LogP contribution in [-0.2, 0) is 4.79 Å². The van der Waals surface area contributed by atoms with E-state index in [0.29, 0.717) is 58.9 Å². The van der Waals surface area contributed by atoms with Crippen LogP contribution in [0.4, 0.5) is 14.6 Å². The van der Waals surface area contributed by atoms with Crippen molar-refractivity contribution in [3.63, 3.8) is 0 Å². The van der Waals surface area contributed by atoms with E-state index in [1.54, 1.807) is 12.1 Å². The molecule has 3 aromatic rings. The van der Waals surface area contributed by atoms with Crippen LogP contribution >= 0.6 is 11.6 Å². The normalized spacial score (nSPS) is 27.8. The second kappa shape index (κ2) is 10.8. The summed E-state index contributed by atoms with van der Waals surface area (Å²) in [6.45, 7) is 6.31. The summed E-state index contributed by atoms with van der Waals surface area (Å²) in [6.07, 6.45) is 6.41. The molecule has 8 nitrogen and oxygen atoms in total. The van der Waals surface area contributed by atoms with Gasteiger partial charge in [-0.15, -0.1) is 0 Å². The first-order chi connectivity index (χ1) is 21.7. The van der Waals surface area contributed by atoms with Gasteiger partial charge in [0.1, 0.15) is 30.2 Å². The Morgan fingerprint density at radius 1 is 1.11 bits per heavy atom. The zero-order valence-corrected chi connectivity index (χ0v) is 25.8. The SMILES string of the molecule is C=CC(=O)N1C2CCC1CN(c1nc(OC[C@@]34CCCN3C[C@H](F)C4)nc3cc(-c4cc(O)cc(Cl)c4C4CC4)c(F)cc13)C2. The van der Waals surface area contributed by atoms with Crippen LogP contribution in [0.25, 0.3) is 22.0 Å². The third-order valence-corrected chi connectivity index (χ3v) is 10.9. The Kier molecular flexibility index (Phi) is 6.94. The van der Waals surface area contributed by atoms with Crippen molar-refractivity contribution in [2.45, 2.75) is 74.7 Å². The number of alkyl halides is 1. The number of hydrogen-bond acceptors (Lipinski definition) is 7. The fourth-order valence-corrected chi connectivity index (χ4v) is 8.79. The summed E-state index contributed by atoms with van der Waals surface area (Å²) in [5, 5.41) is 11.4. The van der Waals surface area contributed by atoms with Gasteiger partial charge in [-0.3, -0.25) is 9.69 Å². The zero-order valence-electron chi connectivity index (χ0n) is 25.0. The van der Waals surface area contributed by atoms with Crippen LogP contribution in [-0.4, -0.2) is 87.4 Å². The minimum absolute atomic E-state index is 0.00537. The monoisotopic (exact) mass is 635 g/mol. The highest BCUT2D eigenvalue weighted by molar-refractivity contribution is 6.32. The first-order valence-corrected chi connectivity index (χ1v) is 16.4. The molecule has 8 rings (SSSR count). The van der Waals surface area contributed by atoms with E-state index in [1.807, 2.05) is 4.90 Å². The first-order valence-electron chi connectivity index (χ1n) is 16.0. The molecule has 1 saturated carbocycles. The van der Waals surface area contributed by atoms with Gasteiger partial charge in [-0.2, -0.15) is 9.97 Å². The Hall–Kier alpha value is -3.50. The minimum atomic E-state index is -0.882. The number of fused-ring (bicyclic) bond motifs is 4. The molecule has 2 aromatic carbocycles. The van der Waals surface area contributed by atoms with E-state index < -0.39 is 12.0 Å². The number of phenols is 1. The maximum Gasteiger partial charge on any atom is 0.319 e. The molecule has 1 aliphatic carbocycles. The fraction of sp³-hybridized carbons (Fsp3) is 0.500. The van der Waals surface area contributed by atoms with Crippen molar-refractivity contribution in [2.24, 2.45) is 0 Å². The molecule has 0 spiro atoms. The van der Waals surface area contributed by atoms with Crippen LogP contribution in [0.1, 0.15) is 56.4 Å². The van der Waals surface area contributed by atoms with Gasteiger partial charge in [0.15, 0.2) is 0 Å². The first kappa shape index (κ1) is 28.9. The van der Waals surface area contributed by atoms with Crippen LogP contribution in [0.15, 0.2) is 36.9 Å². The predicted octanol–water partition coefficient (Wildman–Crippen LogP) is 5.99. The standard InChI is InChI=1S/C34H36ClF2N5O3/c1-2-30(44)42-21-6-7-22(42)17-40(16-21)32-26-12-28(37)24(25-10-23(43)11-27(35)31(25)19-4-5-19)13-29(26)38-33(39-32)45-18-34-8-3-9-41(34)15-20(36)14-34/h2,10-13,19-22,43H,1,3-9,14-18H2/t20-,21?,22?,34+/m1/s1. The third kappa shape index (κ3) is 4.92. The number of carbonyl (C=O) groups excluding carboxylic acids is 1. The minimum Gasteiger partial charge on any atom is -0.508 e. The van der Waals surface area contributed by atoms with E-state index in [-0.39, 0.29) is 47.8 Å². The van der Waals surface area contributed by atoms with Gasteiger partial charge < -0.3 is 19.6 Å². The van der Waals surface area contributed by atoms with Gasteiger partial charge in [0, 0.05) is 54.1 Å². The number of aromatic hydroxyl groups is 1. The topological polar surface area (TPSA) is 82.0 Å². The van der Waals surface area contributed by atoms with Gasteiger partial charge in [0.25, 0.3) is 0 Å². The van der Waals surface area contributed by atoms with Gasteiger partial charge >= 0.3 is 6.01 Å². The Bertz CT molecular complexity index is 1710. The lowest BCUT2D eigenvalue weighted by molar-refractivity contribution is -0.129. The molecule has 5 heterocycles. The van der Waals surface area contributed by atoms with Crippen molar-refractivity contribution >= 4 is 34.2 Å². The molecule has 4 atom stereocenters. The zero-order chi connectivity index (χ0) is 31.0. The van der Waals surface area contributed by atoms with Crippen LogP contribution in [0.2, 0.25) is 5.02 Å². The molecule has 5 aliphatic rings. The molecule has 4 saturated heterocycles. The smallest absolute Gasteiger partial charge is 0.319 e. The van der Waals surface area contributed by atoms with Crippen molar-refractivity contribution in [1.82, 2.24) is 19.8 Å². The summed E-state index contributed by atoms with van der Waals surface area (Å²) in [6, 6.07) is 6.38. The highest BCUT2D eigenvalue weighted by Gasteiger charge is 2.49. The van der Waals surface area contributed by atoms with E-state index in [0.717, 1.165) is 50.6 Å². The molecule has 4 aliphatic heterocycles. The molecule has 1 aromatic heterocycles. The lowest BCUT2D eigenvalue weighted by atomic mass is 9.94. The van der Waals surface area contributed by atoms with Crippen LogP contribution in [0.5, 0.6) is 11.8 Å². The van der Waals surface area contributed by atoms with Gasteiger partial charge in [0.05, 0.1) is 11.1 Å². The highest BCUT2D eigenvalue weighted by atomic mass is 35.5. The van der Waals surface area contributed by atoms with Gasteiger partial charge in [-0.1, -0.05) is 18.2 Å². The number of anilines is 1. The second-order valence-electron chi connectivity index (χ2n) is 13.4. The van der Waals surface area contributed by atoms with Crippen molar-refractivity contribution in [3.05, 3.63) is 53.3 Å². The summed E-state index contributed by atoms with van der Waals surface area (Å²) >= 11 is 6.58. The summed E-state index contributed by atoms with van der Waals surface area (Å²) in [5.41, 5.74) is 1.81. The molecule has 1 amide bonds. The van der Waals surface area contributed by atoms with Crippen molar-refractivity contribution < 1.29 is 23.4 Å². The third-order valence-electron chi connectivity index (χ3n) is 10.6. The molecule has 11 heteroatoms. The van der Waals surface area contributed by atoms with Crippen LogP contribution < -0.4 is 9.64 Å². The largest absolute Gasteiger partial charge is 0.508 e. The van der Waals surface area contributed by atoms with Gasteiger partial charge in [0.2, 0.25) is 5.91 Å². The van der Waals surface area contributed by atoms with Crippen LogP contribution in [0, 0.1) is 5.82 Å². The molecule has 236 valence electrons. The summed E-state index contributed by atoms with van der Waals surface area (Å²) < 4.78 is 37.0. The number of halogens is 3. The van der Waals surface area contributed by atoms with E-state index >= 15 is 4.39 Å². The summed E-state index contributed by atoms with van der Waals surface area (Å²) in [5.74, 6) is 0.196. The molecule has 2 unspecified atom stereocenters. The lowest BCUT2D eigenvalue weighted by Crippen LogP contribution is -2.55. The second-order valence-corrected chi connectivity index (χ2v) is 13.9. The Morgan fingerprint density at radius 3 is 2.62 bits per heavy atom. The molecule has 45 heavy (non-hydrogen) atoms. The number of nitrogens with zero attached hydrogens (tertiary/aromatic N) is 5. The molecular weight excluding hydrogens is 600 g/mol. The number of phenolic OH excluding ortho intramolecular Hbond substituents is 1. The average molecular weight is 636 g/mol. The molecule has 1 N–H and O–H groups in total. The maximum atomic E-state index is 16.2.